The van der Waals surface area contributed by atoms with E-state index in [1.165, 1.54) is 4.90 Å². The van der Waals surface area contributed by atoms with Gasteiger partial charge in [0.2, 0.25) is 5.91 Å². The van der Waals surface area contributed by atoms with Crippen molar-refractivity contribution in [2.24, 2.45) is 0 Å². The van der Waals surface area contributed by atoms with Crippen LogP contribution in [0.25, 0.3) is 0 Å². The number of likely N-dealkylation sites (N-methyl/N-ethyl adjacent to an activating group) is 1. The van der Waals surface area contributed by atoms with Crippen LogP contribution in [0.15, 0.2) is 0 Å². The molecule has 0 aromatic heterocycles. The minimum absolute atomic E-state index is 0.0369. The van der Waals surface area contributed by atoms with Gasteiger partial charge in [0.15, 0.2) is 0 Å². The Morgan fingerprint density at radius 2 is 2.27 bits per heavy atom. The van der Waals surface area contributed by atoms with Crippen LogP contribution in [0.5, 0.6) is 0 Å². The Morgan fingerprint density at radius 1 is 1.64 bits per heavy atom. The van der Waals surface area contributed by atoms with Crippen molar-refractivity contribution in [2.75, 3.05) is 20.6 Å². The molecule has 0 bridgehead atoms. The standard InChI is InChI=1S/C7H13FN2O/c1-10(2)7(11)6-3-5(8)4-9-6/h5-6,9H,3-4H2,1-2H3/t5?,6-/m1/s1. The molecule has 1 aliphatic heterocycles. The predicted molar refractivity (Wildman–Crippen MR) is 40.0 cm³/mol. The molecule has 11 heavy (non-hydrogen) atoms. The first kappa shape index (κ1) is 8.46. The number of nitrogens with zero attached hydrogens (tertiary/aromatic N) is 1. The second-order valence-electron chi connectivity index (χ2n) is 3.03. The van der Waals surface area contributed by atoms with Gasteiger partial charge in [0.1, 0.15) is 6.17 Å². The van der Waals surface area contributed by atoms with Gasteiger partial charge in [0.05, 0.1) is 6.04 Å². The van der Waals surface area contributed by atoms with Crippen molar-refractivity contribution >= 4 is 5.91 Å². The third-order valence-electron chi connectivity index (χ3n) is 1.82. The molecule has 0 spiro atoms. The Labute approximate surface area is 65.6 Å². The molecule has 64 valence electrons. The van der Waals surface area contributed by atoms with Crippen LogP contribution in [0.3, 0.4) is 0 Å². The fourth-order valence-corrected chi connectivity index (χ4v) is 1.19. The second kappa shape index (κ2) is 3.17. The summed E-state index contributed by atoms with van der Waals surface area (Å²) in [6, 6.07) is -0.306. The molecule has 0 saturated carbocycles. The van der Waals surface area contributed by atoms with Crippen molar-refractivity contribution in [2.45, 2.75) is 18.6 Å². The Morgan fingerprint density at radius 3 is 2.64 bits per heavy atom. The number of amides is 1. The highest BCUT2D eigenvalue weighted by Gasteiger charge is 2.29. The van der Waals surface area contributed by atoms with Gasteiger partial charge in [0, 0.05) is 27.1 Å². The average molecular weight is 160 g/mol. The topological polar surface area (TPSA) is 32.3 Å². The van der Waals surface area contributed by atoms with Crippen molar-refractivity contribution in [1.29, 1.82) is 0 Å². The number of nitrogens with one attached hydrogen (secondary N) is 1. The molecule has 1 heterocycles. The minimum atomic E-state index is -0.858. The van der Waals surface area contributed by atoms with Crippen molar-refractivity contribution in [1.82, 2.24) is 10.2 Å². The first-order valence-corrected chi connectivity index (χ1v) is 3.70. The summed E-state index contributed by atoms with van der Waals surface area (Å²) in [6.07, 6.45) is -0.541. The zero-order valence-corrected chi connectivity index (χ0v) is 6.80. The summed E-state index contributed by atoms with van der Waals surface area (Å²) in [6.45, 7) is 0.310. The van der Waals surface area contributed by atoms with E-state index in [-0.39, 0.29) is 11.9 Å². The van der Waals surface area contributed by atoms with Crippen molar-refractivity contribution < 1.29 is 9.18 Å². The molecular weight excluding hydrogens is 147 g/mol. The van der Waals surface area contributed by atoms with Crippen LogP contribution in [0.1, 0.15) is 6.42 Å². The maximum Gasteiger partial charge on any atom is 0.239 e. The van der Waals surface area contributed by atoms with Crippen LogP contribution in [0, 0.1) is 0 Å². The van der Waals surface area contributed by atoms with Gasteiger partial charge in [-0.25, -0.2) is 4.39 Å². The normalized spacial score (nSPS) is 30.5. The van der Waals surface area contributed by atoms with E-state index in [0.717, 1.165) is 0 Å². The molecule has 3 nitrogen and oxygen atoms in total. The van der Waals surface area contributed by atoms with E-state index in [0.29, 0.717) is 13.0 Å². The molecule has 1 rings (SSSR count). The van der Waals surface area contributed by atoms with Gasteiger partial charge >= 0.3 is 0 Å². The Hall–Kier alpha value is -0.640. The number of hydrogen-bond donors (Lipinski definition) is 1. The molecule has 1 aliphatic rings. The largest absolute Gasteiger partial charge is 0.347 e. The lowest BCUT2D eigenvalue weighted by atomic mass is 10.2. The van der Waals surface area contributed by atoms with E-state index < -0.39 is 6.17 Å². The monoisotopic (exact) mass is 160 g/mol. The fourth-order valence-electron chi connectivity index (χ4n) is 1.19. The van der Waals surface area contributed by atoms with Crippen molar-refractivity contribution in [3.63, 3.8) is 0 Å². The van der Waals surface area contributed by atoms with Crippen LogP contribution in [0.2, 0.25) is 0 Å². The number of alkyl halides is 1. The lowest BCUT2D eigenvalue weighted by Gasteiger charge is -2.15. The van der Waals surface area contributed by atoms with Gasteiger partial charge in [0.25, 0.3) is 0 Å². The van der Waals surface area contributed by atoms with Gasteiger partial charge < -0.3 is 10.2 Å². The van der Waals surface area contributed by atoms with Crippen LogP contribution in [-0.2, 0) is 4.79 Å². The van der Waals surface area contributed by atoms with Gasteiger partial charge in [-0.2, -0.15) is 0 Å². The summed E-state index contributed by atoms with van der Waals surface area (Å²) in [4.78, 5) is 12.7. The van der Waals surface area contributed by atoms with Crippen molar-refractivity contribution in [3.05, 3.63) is 0 Å². The zero-order chi connectivity index (χ0) is 8.43. The summed E-state index contributed by atoms with van der Waals surface area (Å²) in [5.74, 6) is -0.0369. The first-order chi connectivity index (χ1) is 5.11. The smallest absolute Gasteiger partial charge is 0.239 e. The summed E-state index contributed by atoms with van der Waals surface area (Å²) in [5.41, 5.74) is 0. The molecule has 4 heteroatoms. The molecular formula is C7H13FN2O. The van der Waals surface area contributed by atoms with E-state index in [9.17, 15) is 9.18 Å². The second-order valence-corrected chi connectivity index (χ2v) is 3.03. The maximum absolute atomic E-state index is 12.6. The van der Waals surface area contributed by atoms with Crippen LogP contribution >= 0.6 is 0 Å². The molecule has 2 atom stereocenters. The summed E-state index contributed by atoms with van der Waals surface area (Å²) in [7, 11) is 3.35. The predicted octanol–water partition coefficient (Wildman–Crippen LogP) is -0.225. The van der Waals surface area contributed by atoms with Crippen molar-refractivity contribution in [3.8, 4) is 0 Å². The summed E-state index contributed by atoms with van der Waals surface area (Å²) < 4.78 is 12.6. The molecule has 1 fully saturated rings. The lowest BCUT2D eigenvalue weighted by molar-refractivity contribution is -0.130. The minimum Gasteiger partial charge on any atom is -0.347 e. The molecule has 1 unspecified atom stereocenters. The zero-order valence-electron chi connectivity index (χ0n) is 6.80. The average Bonchev–Trinajstić information content (AvgIpc) is 2.34. The summed E-state index contributed by atoms with van der Waals surface area (Å²) in [5, 5.41) is 2.82. The molecule has 0 aromatic rings. The quantitative estimate of drug-likeness (QED) is 0.575. The van der Waals surface area contributed by atoms with Gasteiger partial charge in [-0.05, 0) is 0 Å². The molecule has 0 aliphatic carbocycles. The molecule has 0 aromatic carbocycles. The number of rotatable bonds is 1. The van der Waals surface area contributed by atoms with E-state index in [2.05, 4.69) is 5.32 Å². The van der Waals surface area contributed by atoms with Crippen LogP contribution in [0.4, 0.5) is 4.39 Å². The lowest BCUT2D eigenvalue weighted by Crippen LogP contribution is -2.39. The SMILES string of the molecule is CN(C)C(=O)[C@H]1CC(F)CN1. The van der Waals surface area contributed by atoms with Crippen LogP contribution < -0.4 is 5.32 Å². The molecule has 0 radical (unpaired) electrons. The third-order valence-corrected chi connectivity index (χ3v) is 1.82. The highest BCUT2D eigenvalue weighted by Crippen LogP contribution is 2.10. The molecule has 1 amide bonds. The highest BCUT2D eigenvalue weighted by atomic mass is 19.1. The van der Waals surface area contributed by atoms with E-state index >= 15 is 0 Å². The van der Waals surface area contributed by atoms with Gasteiger partial charge in [-0.1, -0.05) is 0 Å². The van der Waals surface area contributed by atoms with E-state index in [1.807, 2.05) is 0 Å². The van der Waals surface area contributed by atoms with Crippen LogP contribution in [-0.4, -0.2) is 43.7 Å². The first-order valence-electron chi connectivity index (χ1n) is 3.70. The van der Waals surface area contributed by atoms with Gasteiger partial charge in [-0.15, -0.1) is 0 Å². The summed E-state index contributed by atoms with van der Waals surface area (Å²) >= 11 is 0. The van der Waals surface area contributed by atoms with Gasteiger partial charge in [-0.3, -0.25) is 4.79 Å². The number of carbonyl (C=O) groups excluding carboxylic acids is 1. The Bertz CT molecular complexity index is 161. The fraction of sp³-hybridized carbons (Fsp3) is 0.857. The number of hydrogen-bond acceptors (Lipinski definition) is 2. The molecule has 1 N–H and O–H groups in total. The maximum atomic E-state index is 12.6. The van der Waals surface area contributed by atoms with E-state index in [4.69, 9.17) is 0 Å². The van der Waals surface area contributed by atoms with E-state index in [1.54, 1.807) is 14.1 Å². The Balaban J connectivity index is 2.43. The Kier molecular flexibility index (Phi) is 2.44. The number of halogens is 1. The third kappa shape index (κ3) is 1.89. The number of carbonyl (C=O) groups is 1. The highest BCUT2D eigenvalue weighted by molar-refractivity contribution is 5.81. The molecule has 1 saturated heterocycles.